The highest BCUT2D eigenvalue weighted by Crippen LogP contribution is 2.24. The molecule has 1 N–H and O–H groups in total. The fourth-order valence-corrected chi connectivity index (χ4v) is 2.61. The first-order valence-corrected chi connectivity index (χ1v) is 8.75. The highest BCUT2D eigenvalue weighted by Gasteiger charge is 2.12. The lowest BCUT2D eigenvalue weighted by atomic mass is 10.1. The lowest BCUT2D eigenvalue weighted by Crippen LogP contribution is -2.23. The molecule has 6 nitrogen and oxygen atoms in total. The predicted octanol–water partition coefficient (Wildman–Crippen LogP) is 3.04. The molecule has 138 valence electrons. The van der Waals surface area contributed by atoms with Gasteiger partial charge < -0.3 is 10.1 Å². The van der Waals surface area contributed by atoms with Gasteiger partial charge in [-0.2, -0.15) is 5.10 Å². The molecule has 3 aromatic rings. The maximum atomic E-state index is 12.4. The van der Waals surface area contributed by atoms with Crippen LogP contribution in [0.3, 0.4) is 0 Å². The van der Waals surface area contributed by atoms with Crippen LogP contribution in [0.5, 0.6) is 5.75 Å². The van der Waals surface area contributed by atoms with E-state index in [-0.39, 0.29) is 11.3 Å². The summed E-state index contributed by atoms with van der Waals surface area (Å²) in [6, 6.07) is 20.2. The molecule has 0 aliphatic carbocycles. The quantitative estimate of drug-likeness (QED) is 0.655. The molecule has 27 heavy (non-hydrogen) atoms. The van der Waals surface area contributed by atoms with Crippen molar-refractivity contribution in [1.29, 1.82) is 0 Å². The van der Waals surface area contributed by atoms with E-state index in [1.165, 1.54) is 24.7 Å². The van der Waals surface area contributed by atoms with Gasteiger partial charge in [-0.05, 0) is 36.6 Å². The third-order valence-electron chi connectivity index (χ3n) is 4.04. The van der Waals surface area contributed by atoms with Crippen molar-refractivity contribution in [1.82, 2.24) is 9.78 Å². The van der Waals surface area contributed by atoms with Crippen molar-refractivity contribution in [3.8, 4) is 5.75 Å². The number of hydrogen-bond donors (Lipinski definition) is 1. The molecule has 3 rings (SSSR count). The number of anilines is 1. The molecule has 1 heterocycles. The number of benzene rings is 2. The second-order valence-electron chi connectivity index (χ2n) is 6.07. The smallest absolute Gasteiger partial charge is 0.276 e. The maximum Gasteiger partial charge on any atom is 0.276 e. The number of carbonyl (C=O) groups excluding carboxylic acids is 1. The minimum absolute atomic E-state index is 0.163. The van der Waals surface area contributed by atoms with Gasteiger partial charge in [0.25, 0.3) is 11.5 Å². The van der Waals surface area contributed by atoms with Crippen LogP contribution >= 0.6 is 0 Å². The highest BCUT2D eigenvalue weighted by molar-refractivity contribution is 6.03. The van der Waals surface area contributed by atoms with E-state index in [0.717, 1.165) is 17.5 Å². The molecule has 1 amide bonds. The molecule has 0 radical (unpaired) electrons. The van der Waals surface area contributed by atoms with Crippen molar-refractivity contribution >= 4 is 11.6 Å². The van der Waals surface area contributed by atoms with Crippen LogP contribution < -0.4 is 15.6 Å². The lowest BCUT2D eigenvalue weighted by molar-refractivity contribution is 0.101. The number of carbonyl (C=O) groups is 1. The topological polar surface area (TPSA) is 73.2 Å². The average molecular weight is 363 g/mol. The largest absolute Gasteiger partial charge is 0.491 e. The summed E-state index contributed by atoms with van der Waals surface area (Å²) in [6.07, 6.45) is 1.80. The van der Waals surface area contributed by atoms with E-state index in [1.807, 2.05) is 36.4 Å². The molecule has 1 aromatic heterocycles. The molecule has 0 atom stereocenters. The van der Waals surface area contributed by atoms with Gasteiger partial charge in [-0.25, -0.2) is 4.68 Å². The maximum absolute atomic E-state index is 12.4. The summed E-state index contributed by atoms with van der Waals surface area (Å²) in [7, 11) is 1.50. The molecule has 0 fully saturated rings. The third-order valence-corrected chi connectivity index (χ3v) is 4.04. The molecule has 0 spiro atoms. The Bertz CT molecular complexity index is 968. The van der Waals surface area contributed by atoms with E-state index in [2.05, 4.69) is 22.5 Å². The summed E-state index contributed by atoms with van der Waals surface area (Å²) in [5, 5.41) is 6.75. The molecular formula is C21H21N3O3. The molecule has 0 bridgehead atoms. The van der Waals surface area contributed by atoms with Crippen molar-refractivity contribution < 1.29 is 9.53 Å². The Morgan fingerprint density at radius 3 is 2.56 bits per heavy atom. The van der Waals surface area contributed by atoms with Crippen LogP contribution in [-0.2, 0) is 13.5 Å². The Morgan fingerprint density at radius 1 is 1.04 bits per heavy atom. The minimum Gasteiger partial charge on any atom is -0.491 e. The predicted molar refractivity (Wildman–Crippen MR) is 104 cm³/mol. The zero-order valence-electron chi connectivity index (χ0n) is 15.1. The van der Waals surface area contributed by atoms with Gasteiger partial charge in [0.1, 0.15) is 11.4 Å². The third kappa shape index (κ3) is 5.04. The molecule has 0 unspecified atom stereocenters. The number of aromatic nitrogens is 2. The number of ether oxygens (including phenoxy) is 1. The fourth-order valence-electron chi connectivity index (χ4n) is 2.61. The molecule has 0 aliphatic heterocycles. The summed E-state index contributed by atoms with van der Waals surface area (Å²) in [5.74, 6) is 0.203. The molecule has 0 saturated carbocycles. The van der Waals surface area contributed by atoms with Crippen molar-refractivity contribution in [2.24, 2.45) is 7.05 Å². The van der Waals surface area contributed by atoms with E-state index in [9.17, 15) is 9.59 Å². The van der Waals surface area contributed by atoms with Gasteiger partial charge in [0.2, 0.25) is 0 Å². The second-order valence-corrected chi connectivity index (χ2v) is 6.07. The van der Waals surface area contributed by atoms with E-state index < -0.39 is 5.91 Å². The number of nitrogens with one attached hydrogen (secondary N) is 1. The Balaban J connectivity index is 1.60. The normalized spacial score (nSPS) is 10.4. The summed E-state index contributed by atoms with van der Waals surface area (Å²) in [4.78, 5) is 23.8. The Hall–Kier alpha value is -3.41. The van der Waals surface area contributed by atoms with Crippen LogP contribution in [0.1, 0.15) is 22.5 Å². The lowest BCUT2D eigenvalue weighted by Gasteiger charge is -2.12. The van der Waals surface area contributed by atoms with Crippen LogP contribution in [0.2, 0.25) is 0 Å². The fraction of sp³-hybridized carbons (Fsp3) is 0.190. The molecule has 6 heteroatoms. The van der Waals surface area contributed by atoms with Crippen LogP contribution in [0.4, 0.5) is 5.69 Å². The second kappa shape index (κ2) is 8.80. The number of aryl methyl sites for hydroxylation is 2. The van der Waals surface area contributed by atoms with E-state index >= 15 is 0 Å². The van der Waals surface area contributed by atoms with Crippen LogP contribution in [0.15, 0.2) is 71.5 Å². The average Bonchev–Trinajstić information content (AvgIpc) is 2.69. The van der Waals surface area contributed by atoms with Crippen molar-refractivity contribution in [3.05, 3.63) is 88.3 Å². The van der Waals surface area contributed by atoms with Gasteiger partial charge in [-0.15, -0.1) is 0 Å². The van der Waals surface area contributed by atoms with Gasteiger partial charge in [0.15, 0.2) is 0 Å². The van der Waals surface area contributed by atoms with Gasteiger partial charge in [0, 0.05) is 13.1 Å². The summed E-state index contributed by atoms with van der Waals surface area (Å²) in [6.45, 7) is 0.542. The Kier molecular flexibility index (Phi) is 5.99. The highest BCUT2D eigenvalue weighted by atomic mass is 16.5. The van der Waals surface area contributed by atoms with Gasteiger partial charge in [-0.3, -0.25) is 9.59 Å². The zero-order chi connectivity index (χ0) is 19.1. The molecule has 2 aromatic carbocycles. The zero-order valence-corrected chi connectivity index (χ0v) is 15.1. The standard InChI is InChI=1S/C21H21N3O3/c1-24-20(25)14-13-18(23-24)21(26)22-17-11-5-6-12-19(17)27-15-7-10-16-8-3-2-4-9-16/h2-6,8-9,11-14H,7,10,15H2,1H3,(H,22,26). The Labute approximate surface area is 157 Å². The van der Waals surface area contributed by atoms with Crippen molar-refractivity contribution in [2.45, 2.75) is 12.8 Å². The van der Waals surface area contributed by atoms with E-state index in [1.54, 1.807) is 6.07 Å². The van der Waals surface area contributed by atoms with Gasteiger partial charge >= 0.3 is 0 Å². The number of nitrogens with zero attached hydrogens (tertiary/aromatic N) is 2. The number of para-hydroxylation sites is 2. The van der Waals surface area contributed by atoms with Crippen molar-refractivity contribution in [3.63, 3.8) is 0 Å². The molecule has 0 saturated heterocycles. The van der Waals surface area contributed by atoms with Gasteiger partial charge in [0.05, 0.1) is 12.3 Å². The SMILES string of the molecule is Cn1nc(C(=O)Nc2ccccc2OCCCc2ccccc2)ccc1=O. The first kappa shape index (κ1) is 18.4. The molecular weight excluding hydrogens is 342 g/mol. The monoisotopic (exact) mass is 363 g/mol. The molecule has 0 aliphatic rings. The first-order chi connectivity index (χ1) is 13.1. The first-order valence-electron chi connectivity index (χ1n) is 8.75. The van der Waals surface area contributed by atoms with Crippen molar-refractivity contribution in [2.75, 3.05) is 11.9 Å². The Morgan fingerprint density at radius 2 is 1.78 bits per heavy atom. The summed E-state index contributed by atoms with van der Waals surface area (Å²) in [5.41, 5.74) is 1.73. The van der Waals surface area contributed by atoms with E-state index in [0.29, 0.717) is 18.0 Å². The summed E-state index contributed by atoms with van der Waals surface area (Å²) >= 11 is 0. The van der Waals surface area contributed by atoms with Crippen LogP contribution in [0, 0.1) is 0 Å². The van der Waals surface area contributed by atoms with Gasteiger partial charge in [-0.1, -0.05) is 42.5 Å². The number of hydrogen-bond acceptors (Lipinski definition) is 4. The van der Waals surface area contributed by atoms with Crippen LogP contribution in [0.25, 0.3) is 0 Å². The number of amides is 1. The number of rotatable bonds is 7. The van der Waals surface area contributed by atoms with E-state index in [4.69, 9.17) is 4.74 Å². The van der Waals surface area contributed by atoms with Crippen LogP contribution in [-0.4, -0.2) is 22.3 Å². The minimum atomic E-state index is -0.397. The summed E-state index contributed by atoms with van der Waals surface area (Å²) < 4.78 is 6.97.